The van der Waals surface area contributed by atoms with Crippen LogP contribution in [0.1, 0.15) is 33.2 Å². The number of rotatable bonds is 8. The summed E-state index contributed by atoms with van der Waals surface area (Å²) in [5, 5.41) is 5.75. The molecule has 0 atom stereocenters. The molecule has 0 saturated carbocycles. The normalized spacial score (nSPS) is 10.3. The minimum Gasteiger partial charge on any atom is -0.434 e. The lowest BCUT2D eigenvalue weighted by atomic mass is 10.0. The first-order valence-electron chi connectivity index (χ1n) is 11.8. The first kappa shape index (κ1) is 25.2. The van der Waals surface area contributed by atoms with Gasteiger partial charge in [-0.25, -0.2) is 4.79 Å². The number of benzene rings is 4. The number of carbonyl (C=O) groups excluding carboxylic acids is 3. The molecule has 7 nitrogen and oxygen atoms in total. The first-order valence-corrected chi connectivity index (χ1v) is 11.8. The number of carbonyl (C=O) groups is 3. The molecule has 0 aromatic heterocycles. The van der Waals surface area contributed by atoms with Gasteiger partial charge < -0.3 is 20.1 Å². The minimum absolute atomic E-state index is 0.181. The zero-order valence-electron chi connectivity index (χ0n) is 20.3. The van der Waals surface area contributed by atoms with Crippen LogP contribution < -0.4 is 15.4 Å². The number of hydrogen-bond donors (Lipinski definition) is 2. The van der Waals surface area contributed by atoms with Crippen LogP contribution in [0.15, 0.2) is 103 Å². The van der Waals surface area contributed by atoms with E-state index in [1.54, 1.807) is 43.3 Å². The molecule has 2 amide bonds. The molecule has 0 unspecified atom stereocenters. The second-order valence-corrected chi connectivity index (χ2v) is 8.09. The molecule has 7 heteroatoms. The van der Waals surface area contributed by atoms with E-state index in [9.17, 15) is 14.4 Å². The van der Waals surface area contributed by atoms with Crippen LogP contribution in [0, 0.1) is 0 Å². The summed E-state index contributed by atoms with van der Waals surface area (Å²) < 4.78 is 9.73. The van der Waals surface area contributed by atoms with Crippen LogP contribution in [-0.4, -0.2) is 24.6 Å². The standard InChI is InChI=1S/C30H26N2O5/c1-2-36-30(35)37-27-17-15-25(16-18-27)29(34)32-26-10-6-7-21(19-26)20-31-28(33)24-13-11-23(12-14-24)22-8-4-3-5-9-22/h3-19H,2,20H2,1H3,(H,31,33)(H,32,34). The molecule has 186 valence electrons. The van der Waals surface area contributed by atoms with Gasteiger partial charge in [-0.1, -0.05) is 54.6 Å². The fourth-order valence-electron chi connectivity index (χ4n) is 3.61. The van der Waals surface area contributed by atoms with Crippen molar-refractivity contribution in [3.8, 4) is 16.9 Å². The highest BCUT2D eigenvalue weighted by Crippen LogP contribution is 2.20. The molecule has 0 saturated heterocycles. The number of nitrogens with one attached hydrogen (secondary N) is 2. The topological polar surface area (TPSA) is 93.7 Å². The van der Waals surface area contributed by atoms with Gasteiger partial charge in [0.25, 0.3) is 11.8 Å². The molecule has 0 aliphatic rings. The fourth-order valence-corrected chi connectivity index (χ4v) is 3.61. The van der Waals surface area contributed by atoms with E-state index in [4.69, 9.17) is 9.47 Å². The van der Waals surface area contributed by atoms with Crippen LogP contribution in [0.25, 0.3) is 11.1 Å². The van der Waals surface area contributed by atoms with Gasteiger partial charge in [-0.15, -0.1) is 0 Å². The van der Waals surface area contributed by atoms with Gasteiger partial charge in [-0.3, -0.25) is 9.59 Å². The average molecular weight is 495 g/mol. The van der Waals surface area contributed by atoms with E-state index >= 15 is 0 Å². The summed E-state index contributed by atoms with van der Waals surface area (Å²) in [4.78, 5) is 36.7. The molecule has 0 aliphatic carbocycles. The quantitative estimate of drug-likeness (QED) is 0.229. The summed E-state index contributed by atoms with van der Waals surface area (Å²) in [6.45, 7) is 2.20. The van der Waals surface area contributed by atoms with Crippen molar-refractivity contribution in [3.63, 3.8) is 0 Å². The highest BCUT2D eigenvalue weighted by atomic mass is 16.7. The Hall–Kier alpha value is -4.91. The van der Waals surface area contributed by atoms with E-state index in [0.29, 0.717) is 23.4 Å². The molecule has 0 radical (unpaired) electrons. The number of anilines is 1. The van der Waals surface area contributed by atoms with Gasteiger partial charge in [0.1, 0.15) is 5.75 Å². The summed E-state index contributed by atoms with van der Waals surface area (Å²) in [6.07, 6.45) is -0.798. The highest BCUT2D eigenvalue weighted by Gasteiger charge is 2.10. The molecule has 0 bridgehead atoms. The van der Waals surface area contributed by atoms with Crippen molar-refractivity contribution >= 4 is 23.7 Å². The van der Waals surface area contributed by atoms with E-state index in [2.05, 4.69) is 10.6 Å². The Morgan fingerprint density at radius 2 is 1.35 bits per heavy atom. The predicted molar refractivity (Wildman–Crippen MR) is 142 cm³/mol. The summed E-state index contributed by atoms with van der Waals surface area (Å²) in [5.41, 5.74) is 4.53. The Bertz CT molecular complexity index is 1370. The monoisotopic (exact) mass is 494 g/mol. The number of hydrogen-bond acceptors (Lipinski definition) is 5. The third kappa shape index (κ3) is 7.05. The van der Waals surface area contributed by atoms with Crippen molar-refractivity contribution in [2.24, 2.45) is 0 Å². The maximum atomic E-state index is 12.6. The Kier molecular flexibility index (Phi) is 8.29. The Morgan fingerprint density at radius 1 is 0.703 bits per heavy atom. The molecule has 2 N–H and O–H groups in total. The van der Waals surface area contributed by atoms with Crippen molar-refractivity contribution in [1.29, 1.82) is 0 Å². The molecule has 0 heterocycles. The van der Waals surface area contributed by atoms with E-state index in [1.807, 2.05) is 54.6 Å². The largest absolute Gasteiger partial charge is 0.513 e. The van der Waals surface area contributed by atoms with E-state index in [-0.39, 0.29) is 24.2 Å². The van der Waals surface area contributed by atoms with Crippen molar-refractivity contribution in [2.75, 3.05) is 11.9 Å². The predicted octanol–water partition coefficient (Wildman–Crippen LogP) is 6.07. The SMILES string of the molecule is CCOC(=O)Oc1ccc(C(=O)Nc2cccc(CNC(=O)c3ccc(-c4ccccc4)cc3)c2)cc1. The molecule has 37 heavy (non-hydrogen) atoms. The third-order valence-electron chi connectivity index (χ3n) is 5.47. The lowest BCUT2D eigenvalue weighted by Gasteiger charge is -2.10. The van der Waals surface area contributed by atoms with Crippen molar-refractivity contribution < 1.29 is 23.9 Å². The summed E-state index contributed by atoms with van der Waals surface area (Å²) in [7, 11) is 0. The van der Waals surface area contributed by atoms with Gasteiger partial charge in [0.2, 0.25) is 0 Å². The maximum Gasteiger partial charge on any atom is 0.513 e. The zero-order chi connectivity index (χ0) is 26.0. The van der Waals surface area contributed by atoms with Gasteiger partial charge in [0, 0.05) is 23.4 Å². The average Bonchev–Trinajstić information content (AvgIpc) is 2.93. The van der Waals surface area contributed by atoms with E-state index in [1.165, 1.54) is 12.1 Å². The summed E-state index contributed by atoms with van der Waals surface area (Å²) in [6, 6.07) is 30.8. The molecule has 0 spiro atoms. The van der Waals surface area contributed by atoms with Crippen LogP contribution in [0.4, 0.5) is 10.5 Å². The molecule has 0 fully saturated rings. The van der Waals surface area contributed by atoms with Crippen LogP contribution in [0.2, 0.25) is 0 Å². The third-order valence-corrected chi connectivity index (χ3v) is 5.47. The van der Waals surface area contributed by atoms with Crippen molar-refractivity contribution in [2.45, 2.75) is 13.5 Å². The smallest absolute Gasteiger partial charge is 0.434 e. The van der Waals surface area contributed by atoms with E-state index in [0.717, 1.165) is 16.7 Å². The fraction of sp³-hybridized carbons (Fsp3) is 0.100. The van der Waals surface area contributed by atoms with Crippen LogP contribution in [0.5, 0.6) is 5.75 Å². The van der Waals surface area contributed by atoms with Gasteiger partial charge >= 0.3 is 6.16 Å². The van der Waals surface area contributed by atoms with Gasteiger partial charge in [-0.2, -0.15) is 0 Å². The molecule has 4 aromatic carbocycles. The van der Waals surface area contributed by atoms with Crippen LogP contribution in [0.3, 0.4) is 0 Å². The number of ether oxygens (including phenoxy) is 2. The molecular weight excluding hydrogens is 468 g/mol. The van der Waals surface area contributed by atoms with Gasteiger partial charge in [0.05, 0.1) is 6.61 Å². The first-order chi connectivity index (χ1) is 18.0. The van der Waals surface area contributed by atoms with Crippen molar-refractivity contribution in [1.82, 2.24) is 5.32 Å². The van der Waals surface area contributed by atoms with Crippen molar-refractivity contribution in [3.05, 3.63) is 120 Å². The lowest BCUT2D eigenvalue weighted by Crippen LogP contribution is -2.22. The maximum absolute atomic E-state index is 12.6. The minimum atomic E-state index is -0.798. The summed E-state index contributed by atoms with van der Waals surface area (Å²) >= 11 is 0. The van der Waals surface area contributed by atoms with E-state index < -0.39 is 6.16 Å². The highest BCUT2D eigenvalue weighted by molar-refractivity contribution is 6.04. The summed E-state index contributed by atoms with van der Waals surface area (Å²) in [5.74, 6) is -0.219. The number of amides is 2. The molecule has 4 aromatic rings. The Labute approximate surface area is 215 Å². The molecule has 0 aliphatic heterocycles. The molecular formula is C30H26N2O5. The van der Waals surface area contributed by atoms with Gasteiger partial charge in [0.15, 0.2) is 0 Å². The van der Waals surface area contributed by atoms with Crippen LogP contribution >= 0.6 is 0 Å². The zero-order valence-corrected chi connectivity index (χ0v) is 20.3. The second-order valence-electron chi connectivity index (χ2n) is 8.09. The molecule has 4 rings (SSSR count). The lowest BCUT2D eigenvalue weighted by molar-refractivity contribution is 0.0949. The van der Waals surface area contributed by atoms with Gasteiger partial charge in [-0.05, 0) is 72.1 Å². The Balaban J connectivity index is 1.31. The van der Waals surface area contributed by atoms with Crippen LogP contribution in [-0.2, 0) is 11.3 Å². The second kappa shape index (κ2) is 12.2. The Morgan fingerprint density at radius 3 is 2.05 bits per heavy atom.